The number of ether oxygens (including phenoxy) is 1. The van der Waals surface area contributed by atoms with Gasteiger partial charge < -0.3 is 9.64 Å². The Morgan fingerprint density at radius 3 is 2.10 bits per heavy atom. The molecule has 0 saturated carbocycles. The van der Waals surface area contributed by atoms with Crippen LogP contribution in [-0.4, -0.2) is 50.7 Å². The van der Waals surface area contributed by atoms with Crippen molar-refractivity contribution in [1.29, 1.82) is 0 Å². The van der Waals surface area contributed by atoms with Crippen LogP contribution in [0.4, 0.5) is 35.1 Å². The van der Waals surface area contributed by atoms with Crippen LogP contribution in [-0.2, 0) is 21.9 Å². The third-order valence-electron chi connectivity index (χ3n) is 4.48. The van der Waals surface area contributed by atoms with Crippen LogP contribution in [0.25, 0.3) is 11.4 Å². The average molecular weight is 442 g/mol. The van der Waals surface area contributed by atoms with Crippen LogP contribution in [0.5, 0.6) is 0 Å². The fraction of sp³-hybridized carbons (Fsp3) is 0.438. The Morgan fingerprint density at radius 2 is 1.60 bits per heavy atom. The van der Waals surface area contributed by atoms with Gasteiger partial charge in [-0.25, -0.2) is 18.4 Å². The molecule has 14 heteroatoms. The first-order chi connectivity index (χ1) is 13.7. The van der Waals surface area contributed by atoms with Gasteiger partial charge in [0.15, 0.2) is 18.2 Å². The van der Waals surface area contributed by atoms with Crippen LogP contribution in [0, 0.1) is 0 Å². The summed E-state index contributed by atoms with van der Waals surface area (Å²) in [6, 6.07) is 0.906. The zero-order valence-corrected chi connectivity index (χ0v) is 14.5. The van der Waals surface area contributed by atoms with E-state index in [4.69, 9.17) is 4.74 Å². The van der Waals surface area contributed by atoms with Gasteiger partial charge in [0.1, 0.15) is 6.33 Å². The SMILES string of the molecule is O=C(C1OC1n1cnc(-c2cc(C(F)(F)F)cc(C(F)(F)F)c2)n1)N1CC(F)(F)C1. The molecule has 2 unspecified atom stereocenters. The molecule has 2 atom stereocenters. The Morgan fingerprint density at radius 1 is 1.03 bits per heavy atom. The van der Waals surface area contributed by atoms with E-state index in [-0.39, 0.29) is 6.07 Å². The van der Waals surface area contributed by atoms with Crippen LogP contribution in [0.3, 0.4) is 0 Å². The summed E-state index contributed by atoms with van der Waals surface area (Å²) < 4.78 is 110. The molecular weight excluding hydrogens is 432 g/mol. The summed E-state index contributed by atoms with van der Waals surface area (Å²) in [6.07, 6.45) is -11.3. The third kappa shape index (κ3) is 3.82. The van der Waals surface area contributed by atoms with Crippen molar-refractivity contribution in [3.8, 4) is 11.4 Å². The van der Waals surface area contributed by atoms with Crippen molar-refractivity contribution in [1.82, 2.24) is 19.7 Å². The number of carbonyl (C=O) groups excluding carboxylic acids is 1. The maximum absolute atomic E-state index is 13.0. The number of alkyl halides is 8. The second kappa shape index (κ2) is 6.36. The van der Waals surface area contributed by atoms with Crippen molar-refractivity contribution in [2.75, 3.05) is 13.1 Å². The Kier molecular flexibility index (Phi) is 4.35. The van der Waals surface area contributed by atoms with Gasteiger partial charge in [-0.3, -0.25) is 4.79 Å². The van der Waals surface area contributed by atoms with Crippen molar-refractivity contribution < 1.29 is 44.7 Å². The predicted octanol–water partition coefficient (Wildman–Crippen LogP) is 3.36. The average Bonchev–Trinajstić information content (AvgIpc) is 3.25. The maximum Gasteiger partial charge on any atom is 0.416 e. The fourth-order valence-electron chi connectivity index (χ4n) is 2.95. The molecule has 6 nitrogen and oxygen atoms in total. The summed E-state index contributed by atoms with van der Waals surface area (Å²) in [5.74, 6) is -4.15. The number of amides is 1. The number of carbonyl (C=O) groups is 1. The maximum atomic E-state index is 13.0. The van der Waals surface area contributed by atoms with Crippen LogP contribution < -0.4 is 0 Å². The van der Waals surface area contributed by atoms with Gasteiger partial charge in [-0.05, 0) is 18.2 Å². The van der Waals surface area contributed by atoms with Crippen molar-refractivity contribution in [3.05, 3.63) is 35.7 Å². The van der Waals surface area contributed by atoms with Crippen molar-refractivity contribution in [2.45, 2.75) is 30.6 Å². The highest BCUT2D eigenvalue weighted by Crippen LogP contribution is 2.40. The quantitative estimate of drug-likeness (QED) is 0.541. The van der Waals surface area contributed by atoms with Crippen LogP contribution in [0.1, 0.15) is 17.4 Å². The molecule has 2 saturated heterocycles. The van der Waals surface area contributed by atoms with Gasteiger partial charge in [-0.1, -0.05) is 0 Å². The molecule has 4 rings (SSSR count). The number of hydrogen-bond acceptors (Lipinski definition) is 4. The van der Waals surface area contributed by atoms with E-state index in [2.05, 4.69) is 10.1 Å². The lowest BCUT2D eigenvalue weighted by Crippen LogP contribution is -2.59. The molecule has 0 aliphatic carbocycles. The van der Waals surface area contributed by atoms with Crippen molar-refractivity contribution in [2.24, 2.45) is 0 Å². The molecule has 0 bridgehead atoms. The predicted molar refractivity (Wildman–Crippen MR) is 80.9 cm³/mol. The molecule has 162 valence electrons. The first-order valence-corrected chi connectivity index (χ1v) is 8.28. The first kappa shape index (κ1) is 20.5. The number of benzene rings is 1. The normalized spacial score (nSPS) is 23.3. The van der Waals surface area contributed by atoms with Crippen molar-refractivity contribution in [3.63, 3.8) is 0 Å². The Balaban J connectivity index is 1.55. The Bertz CT molecular complexity index is 960. The zero-order valence-electron chi connectivity index (χ0n) is 14.5. The highest BCUT2D eigenvalue weighted by molar-refractivity contribution is 5.84. The van der Waals surface area contributed by atoms with E-state index in [9.17, 15) is 39.9 Å². The molecule has 1 aromatic carbocycles. The van der Waals surface area contributed by atoms with Gasteiger partial charge >= 0.3 is 12.4 Å². The van der Waals surface area contributed by atoms with Crippen molar-refractivity contribution >= 4 is 5.91 Å². The van der Waals surface area contributed by atoms with Crippen LogP contribution in [0.2, 0.25) is 0 Å². The first-order valence-electron chi connectivity index (χ1n) is 8.28. The molecule has 2 fully saturated rings. The van der Waals surface area contributed by atoms with Crippen LogP contribution in [0.15, 0.2) is 24.5 Å². The standard InChI is InChI=1S/C16H10F8N4O2/c17-14(18)4-27(5-14)12(29)10-13(30-10)28-6-25-11(26-28)7-1-8(15(19,20)21)3-9(2-7)16(22,23)24/h1-3,6,10,13H,4-5H2. The lowest BCUT2D eigenvalue weighted by atomic mass is 10.0. The highest BCUT2D eigenvalue weighted by Gasteiger charge is 2.55. The molecule has 2 aliphatic rings. The highest BCUT2D eigenvalue weighted by atomic mass is 19.4. The van der Waals surface area contributed by atoms with E-state index < -0.39 is 72.1 Å². The molecule has 0 N–H and O–H groups in total. The molecule has 1 aromatic heterocycles. The summed E-state index contributed by atoms with van der Waals surface area (Å²) in [4.78, 5) is 16.6. The Labute approximate surface area is 162 Å². The zero-order chi connectivity index (χ0) is 22.1. The number of hydrogen-bond donors (Lipinski definition) is 0. The molecular formula is C16H10F8N4O2. The van der Waals surface area contributed by atoms with E-state index in [1.54, 1.807) is 0 Å². The van der Waals surface area contributed by atoms with Gasteiger partial charge in [0.05, 0.1) is 24.2 Å². The van der Waals surface area contributed by atoms with Gasteiger partial charge in [0.25, 0.3) is 11.8 Å². The summed E-state index contributed by atoms with van der Waals surface area (Å²) >= 11 is 0. The molecule has 1 amide bonds. The topological polar surface area (TPSA) is 63.6 Å². The largest absolute Gasteiger partial charge is 0.416 e. The monoisotopic (exact) mass is 442 g/mol. The number of likely N-dealkylation sites (tertiary alicyclic amines) is 1. The summed E-state index contributed by atoms with van der Waals surface area (Å²) in [6.45, 7) is -1.52. The molecule has 30 heavy (non-hydrogen) atoms. The van der Waals surface area contributed by atoms with Gasteiger partial charge in [-0.2, -0.15) is 26.3 Å². The summed E-state index contributed by atoms with van der Waals surface area (Å²) in [5, 5.41) is 3.78. The molecule has 3 heterocycles. The second-order valence-corrected chi connectivity index (χ2v) is 6.84. The minimum Gasteiger partial charge on any atom is -0.335 e. The van der Waals surface area contributed by atoms with E-state index in [1.807, 2.05) is 0 Å². The van der Waals surface area contributed by atoms with Gasteiger partial charge in [0, 0.05) is 5.56 Å². The van der Waals surface area contributed by atoms with Gasteiger partial charge in [-0.15, -0.1) is 5.10 Å². The fourth-order valence-corrected chi connectivity index (χ4v) is 2.95. The van der Waals surface area contributed by atoms with Gasteiger partial charge in [0.2, 0.25) is 0 Å². The lowest BCUT2D eigenvalue weighted by Gasteiger charge is -2.38. The van der Waals surface area contributed by atoms with E-state index in [0.717, 1.165) is 15.9 Å². The second-order valence-electron chi connectivity index (χ2n) is 6.84. The number of halogens is 8. The summed E-state index contributed by atoms with van der Waals surface area (Å²) in [5.41, 5.74) is -3.60. The lowest BCUT2D eigenvalue weighted by molar-refractivity contribution is -0.166. The number of epoxide rings is 1. The molecule has 2 aliphatic heterocycles. The minimum atomic E-state index is -5.03. The van der Waals surface area contributed by atoms with E-state index in [0.29, 0.717) is 12.1 Å². The third-order valence-corrected chi connectivity index (χ3v) is 4.48. The number of rotatable bonds is 3. The number of aromatic nitrogens is 3. The molecule has 0 radical (unpaired) electrons. The summed E-state index contributed by atoms with van der Waals surface area (Å²) in [7, 11) is 0. The molecule has 2 aromatic rings. The number of nitrogens with zero attached hydrogens (tertiary/aromatic N) is 4. The minimum absolute atomic E-state index is 0.0258. The van der Waals surface area contributed by atoms with E-state index in [1.165, 1.54) is 0 Å². The van der Waals surface area contributed by atoms with Crippen LogP contribution >= 0.6 is 0 Å². The Hall–Kier alpha value is -2.77. The van der Waals surface area contributed by atoms with E-state index >= 15 is 0 Å². The smallest absolute Gasteiger partial charge is 0.335 e. The molecule has 0 spiro atoms.